The van der Waals surface area contributed by atoms with Crippen molar-refractivity contribution >= 4 is 12.1 Å². The molecule has 0 saturated heterocycles. The van der Waals surface area contributed by atoms with Crippen LogP contribution in [0.15, 0.2) is 52.1 Å². The number of imidazole rings is 1. The number of alkyl halides is 6. The molecule has 16 heteroatoms. The van der Waals surface area contributed by atoms with E-state index in [1.165, 1.54) is 25.3 Å². The molecule has 214 valence electrons. The third kappa shape index (κ3) is 4.78. The van der Waals surface area contributed by atoms with Gasteiger partial charge in [-0.05, 0) is 31.2 Å². The molecule has 4 aromatic rings. The number of nitrogens with two attached hydrogens (primary N) is 1. The van der Waals surface area contributed by atoms with Crippen molar-refractivity contribution in [3.8, 4) is 22.6 Å². The van der Waals surface area contributed by atoms with Gasteiger partial charge in [-0.3, -0.25) is 9.80 Å². The van der Waals surface area contributed by atoms with Gasteiger partial charge in [0.1, 0.15) is 17.2 Å². The van der Waals surface area contributed by atoms with E-state index in [1.54, 1.807) is 0 Å². The first kappa shape index (κ1) is 27.8. The molecule has 2 aromatic carbocycles. The van der Waals surface area contributed by atoms with Crippen LogP contribution in [0.25, 0.3) is 22.6 Å². The largest absolute Gasteiger partial charge is 0.417 e. The monoisotopic (exact) mass is 584 g/mol. The van der Waals surface area contributed by atoms with E-state index in [9.17, 15) is 39.9 Å². The number of amides is 1. The molecule has 0 aliphatic carbocycles. The molecule has 0 radical (unpaired) electrons. The van der Waals surface area contributed by atoms with Crippen LogP contribution in [-0.2, 0) is 29.2 Å². The molecule has 1 aliphatic rings. The number of rotatable bonds is 5. The van der Waals surface area contributed by atoms with Crippen molar-refractivity contribution in [3.05, 3.63) is 82.4 Å². The number of nitrogens with zero attached hydrogens (tertiary/aromatic N) is 4. The van der Waals surface area contributed by atoms with E-state index in [0.717, 1.165) is 17.1 Å². The first-order chi connectivity index (χ1) is 19.1. The highest BCUT2D eigenvalue weighted by Crippen LogP contribution is 2.42. The first-order valence-corrected chi connectivity index (χ1v) is 11.5. The van der Waals surface area contributed by atoms with Crippen molar-refractivity contribution in [2.24, 2.45) is 10.8 Å². The van der Waals surface area contributed by atoms with Crippen molar-refractivity contribution in [2.75, 3.05) is 0 Å². The van der Waals surface area contributed by atoms with E-state index >= 15 is 0 Å². The highest BCUT2D eigenvalue weighted by atomic mass is 19.4. The topological polar surface area (TPSA) is 113 Å². The number of hydrogen-bond acceptors (Lipinski definition) is 6. The molecule has 1 aliphatic heterocycles. The molecule has 41 heavy (non-hydrogen) atoms. The Kier molecular flexibility index (Phi) is 6.38. The summed E-state index contributed by atoms with van der Waals surface area (Å²) in [7, 11) is 0. The summed E-state index contributed by atoms with van der Waals surface area (Å²) in [5.74, 6) is -3.73. The standard InChI is InChI=1S/C25H16F8N6O2/c1-23(22(34)40,39-10-18-17(9-35-39)36-21(37-18)13-3-2-4-15(26)20(13)27)19-8-16(38-41-19)12-6-5-11(24(28,29)30)7-14(12)25(31,32)33/h2-9H,10H2,1H3,(H2,34,40)(H,36,37). The third-order valence-corrected chi connectivity index (χ3v) is 6.56. The van der Waals surface area contributed by atoms with Crippen LogP contribution in [0.4, 0.5) is 35.1 Å². The lowest BCUT2D eigenvalue weighted by Gasteiger charge is -2.35. The summed E-state index contributed by atoms with van der Waals surface area (Å²) in [4.78, 5) is 19.7. The minimum Gasteiger partial charge on any atom is -0.367 e. The number of aromatic amines is 1. The van der Waals surface area contributed by atoms with E-state index in [1.807, 2.05) is 0 Å². The molecular formula is C25H16F8N6O2. The van der Waals surface area contributed by atoms with Crippen molar-refractivity contribution in [1.29, 1.82) is 0 Å². The van der Waals surface area contributed by atoms with Gasteiger partial charge in [0.2, 0.25) is 0 Å². The van der Waals surface area contributed by atoms with Crippen LogP contribution < -0.4 is 5.73 Å². The van der Waals surface area contributed by atoms with Crippen LogP contribution in [0.1, 0.15) is 35.2 Å². The number of aromatic nitrogens is 3. The van der Waals surface area contributed by atoms with Gasteiger partial charge in [0.25, 0.3) is 5.91 Å². The summed E-state index contributed by atoms with van der Waals surface area (Å²) in [5.41, 5.74) is -0.367. The zero-order chi connectivity index (χ0) is 29.9. The van der Waals surface area contributed by atoms with Gasteiger partial charge in [-0.25, -0.2) is 13.8 Å². The second-order valence-corrected chi connectivity index (χ2v) is 9.12. The van der Waals surface area contributed by atoms with Crippen LogP contribution in [-0.4, -0.2) is 32.3 Å². The van der Waals surface area contributed by atoms with E-state index in [0.29, 0.717) is 17.8 Å². The number of H-pyrrole nitrogens is 1. The summed E-state index contributed by atoms with van der Waals surface area (Å²) < 4.78 is 113. The Morgan fingerprint density at radius 3 is 2.41 bits per heavy atom. The van der Waals surface area contributed by atoms with Crippen LogP contribution >= 0.6 is 0 Å². The van der Waals surface area contributed by atoms with Crippen molar-refractivity contribution in [2.45, 2.75) is 31.4 Å². The van der Waals surface area contributed by atoms with E-state index in [-0.39, 0.29) is 35.5 Å². The molecule has 5 rings (SSSR count). The Labute approximate surface area is 224 Å². The molecule has 3 N–H and O–H groups in total. The maximum Gasteiger partial charge on any atom is 0.417 e. The lowest BCUT2D eigenvalue weighted by Crippen LogP contribution is -2.51. The Balaban J connectivity index is 1.51. The molecule has 1 unspecified atom stereocenters. The smallest absolute Gasteiger partial charge is 0.367 e. The van der Waals surface area contributed by atoms with Crippen LogP contribution in [0.2, 0.25) is 0 Å². The lowest BCUT2D eigenvalue weighted by molar-refractivity contribution is -0.142. The number of carbonyl (C=O) groups is 1. The fourth-order valence-electron chi connectivity index (χ4n) is 4.24. The molecule has 0 bridgehead atoms. The number of fused-ring (bicyclic) bond motifs is 1. The van der Waals surface area contributed by atoms with Gasteiger partial charge >= 0.3 is 12.4 Å². The summed E-state index contributed by atoms with van der Waals surface area (Å²) in [6.07, 6.45) is -9.03. The molecule has 0 spiro atoms. The minimum absolute atomic E-state index is 0.0370. The fraction of sp³-hybridized carbons (Fsp3) is 0.200. The average molecular weight is 584 g/mol. The normalized spacial score (nSPS) is 15.1. The van der Waals surface area contributed by atoms with Crippen molar-refractivity contribution in [3.63, 3.8) is 0 Å². The van der Waals surface area contributed by atoms with Gasteiger partial charge in [-0.1, -0.05) is 17.3 Å². The van der Waals surface area contributed by atoms with Gasteiger partial charge in [0.15, 0.2) is 22.9 Å². The minimum atomic E-state index is -5.18. The molecule has 8 nitrogen and oxygen atoms in total. The van der Waals surface area contributed by atoms with E-state index in [4.69, 9.17) is 10.3 Å². The zero-order valence-electron chi connectivity index (χ0n) is 20.5. The Morgan fingerprint density at radius 2 is 1.76 bits per heavy atom. The fourth-order valence-corrected chi connectivity index (χ4v) is 4.24. The number of benzene rings is 2. The van der Waals surface area contributed by atoms with Gasteiger partial charge in [0.05, 0.1) is 35.1 Å². The van der Waals surface area contributed by atoms with Gasteiger partial charge in [-0.15, -0.1) is 0 Å². The lowest BCUT2D eigenvalue weighted by atomic mass is 9.94. The maximum absolute atomic E-state index is 14.3. The predicted octanol–water partition coefficient (Wildman–Crippen LogP) is 5.60. The Morgan fingerprint density at radius 1 is 1.02 bits per heavy atom. The molecule has 2 aromatic heterocycles. The number of primary amides is 1. The summed E-state index contributed by atoms with van der Waals surface area (Å²) >= 11 is 0. The zero-order valence-corrected chi connectivity index (χ0v) is 20.5. The quantitative estimate of drug-likeness (QED) is 0.297. The van der Waals surface area contributed by atoms with Gasteiger partial charge in [0, 0.05) is 11.6 Å². The first-order valence-electron chi connectivity index (χ1n) is 11.5. The third-order valence-electron chi connectivity index (χ3n) is 6.56. The maximum atomic E-state index is 14.3. The van der Waals surface area contributed by atoms with E-state index < -0.39 is 57.8 Å². The number of hydrazone groups is 1. The van der Waals surface area contributed by atoms with E-state index in [2.05, 4.69) is 20.2 Å². The SMILES string of the molecule is CC(C(N)=O)(c1cc(-c2ccc(C(F)(F)F)cc2C(F)(F)F)no1)N1Cc2[nH]c(-c3cccc(F)c3F)nc2C=N1. The molecular weight excluding hydrogens is 568 g/mol. The molecule has 0 saturated carbocycles. The molecule has 1 atom stereocenters. The van der Waals surface area contributed by atoms with Crippen molar-refractivity contribution < 1.29 is 44.4 Å². The number of hydrogen-bond donors (Lipinski definition) is 2. The second kappa shape index (κ2) is 9.42. The highest BCUT2D eigenvalue weighted by molar-refractivity contribution is 5.87. The molecule has 3 heterocycles. The van der Waals surface area contributed by atoms with Crippen molar-refractivity contribution in [1.82, 2.24) is 20.1 Å². The molecule has 1 amide bonds. The number of halogens is 8. The van der Waals surface area contributed by atoms with Gasteiger partial charge in [-0.2, -0.15) is 31.4 Å². The van der Waals surface area contributed by atoms with Crippen LogP contribution in [0, 0.1) is 11.6 Å². The number of carbonyl (C=O) groups excluding carboxylic acids is 1. The van der Waals surface area contributed by atoms with Crippen LogP contribution in [0.3, 0.4) is 0 Å². The predicted molar refractivity (Wildman–Crippen MR) is 126 cm³/mol. The second-order valence-electron chi connectivity index (χ2n) is 9.12. The summed E-state index contributed by atoms with van der Waals surface area (Å²) in [6, 6.07) is 5.44. The van der Waals surface area contributed by atoms with Crippen LogP contribution in [0.5, 0.6) is 0 Å². The average Bonchev–Trinajstić information content (AvgIpc) is 3.56. The summed E-state index contributed by atoms with van der Waals surface area (Å²) in [6.45, 7) is 1.02. The summed E-state index contributed by atoms with van der Waals surface area (Å²) in [5, 5.41) is 8.79. The molecule has 0 fully saturated rings. The Bertz CT molecular complexity index is 1690. The van der Waals surface area contributed by atoms with Gasteiger partial charge < -0.3 is 15.2 Å². The highest BCUT2D eigenvalue weighted by Gasteiger charge is 2.46. The number of nitrogens with one attached hydrogen (secondary N) is 1. The Hall–Kier alpha value is -4.76.